The van der Waals surface area contributed by atoms with Gasteiger partial charge in [-0.2, -0.15) is 4.31 Å². The molecule has 2 aliphatic rings. The topological polar surface area (TPSA) is 40.6 Å². The number of hydrogen-bond donors (Lipinski definition) is 0. The molecule has 1 aromatic carbocycles. The summed E-state index contributed by atoms with van der Waals surface area (Å²) in [6.45, 7) is 16.1. The van der Waals surface area contributed by atoms with Crippen molar-refractivity contribution in [2.45, 2.75) is 84.6 Å². The molecule has 0 bridgehead atoms. The third kappa shape index (κ3) is 6.37. The fourth-order valence-electron chi connectivity index (χ4n) is 5.72. The quantitative estimate of drug-likeness (QED) is 0.455. The molecule has 2 fully saturated rings. The van der Waals surface area contributed by atoms with E-state index in [0.717, 1.165) is 48.5 Å². The molecule has 2 aliphatic heterocycles. The summed E-state index contributed by atoms with van der Waals surface area (Å²) in [6, 6.07) is 4.48. The van der Waals surface area contributed by atoms with Crippen molar-refractivity contribution in [3.63, 3.8) is 0 Å². The number of hydrogen-bond acceptors (Lipinski definition) is 3. The van der Waals surface area contributed by atoms with Crippen LogP contribution in [-0.4, -0.2) is 49.8 Å². The highest BCUT2D eigenvalue weighted by Crippen LogP contribution is 2.32. The van der Waals surface area contributed by atoms with Gasteiger partial charge in [-0.3, -0.25) is 0 Å². The molecule has 5 heteroatoms. The van der Waals surface area contributed by atoms with Crippen LogP contribution >= 0.6 is 0 Å². The lowest BCUT2D eigenvalue weighted by Crippen LogP contribution is -2.49. The molecule has 184 valence electrons. The minimum atomic E-state index is -3.43. The normalized spacial score (nSPS) is 20.9. The van der Waals surface area contributed by atoms with Crippen LogP contribution in [0.15, 0.2) is 40.8 Å². The van der Waals surface area contributed by atoms with Gasteiger partial charge < -0.3 is 4.90 Å². The van der Waals surface area contributed by atoms with E-state index in [1.54, 1.807) is 9.88 Å². The monoisotopic (exact) mass is 472 g/mol. The number of benzene rings is 1. The van der Waals surface area contributed by atoms with E-state index >= 15 is 0 Å². The summed E-state index contributed by atoms with van der Waals surface area (Å²) >= 11 is 0. The lowest BCUT2D eigenvalue weighted by Gasteiger charge is -2.41. The minimum Gasteiger partial charge on any atom is -0.300 e. The maximum Gasteiger partial charge on any atom is 0.243 e. The SMILES string of the molecule is C/C=C\C=C(\CC1CCN(C2CCN(S(=O)(=O)c3c(C)cc(C)cc3C)CC2)CC1)C(C)C. The summed E-state index contributed by atoms with van der Waals surface area (Å²) in [5.41, 5.74) is 4.40. The van der Waals surface area contributed by atoms with Crippen molar-refractivity contribution in [3.8, 4) is 0 Å². The number of aryl methyl sites for hydroxylation is 3. The molecular weight excluding hydrogens is 428 g/mol. The first-order chi connectivity index (χ1) is 15.6. The number of piperidine rings is 2. The van der Waals surface area contributed by atoms with E-state index in [4.69, 9.17) is 0 Å². The Bertz CT molecular complexity index is 939. The van der Waals surface area contributed by atoms with Gasteiger partial charge in [0.2, 0.25) is 10.0 Å². The largest absolute Gasteiger partial charge is 0.300 e. The van der Waals surface area contributed by atoms with E-state index < -0.39 is 10.0 Å². The van der Waals surface area contributed by atoms with Crippen molar-refractivity contribution < 1.29 is 8.42 Å². The van der Waals surface area contributed by atoms with E-state index in [-0.39, 0.29) is 0 Å². The Morgan fingerprint density at radius 2 is 1.58 bits per heavy atom. The molecule has 3 rings (SSSR count). The Labute approximate surface area is 202 Å². The highest BCUT2D eigenvalue weighted by atomic mass is 32.2. The van der Waals surface area contributed by atoms with Crippen molar-refractivity contribution >= 4 is 10.0 Å². The molecule has 4 nitrogen and oxygen atoms in total. The summed E-state index contributed by atoms with van der Waals surface area (Å²) in [4.78, 5) is 3.15. The van der Waals surface area contributed by atoms with Gasteiger partial charge in [0.05, 0.1) is 4.90 Å². The molecule has 0 N–H and O–H groups in total. The van der Waals surface area contributed by atoms with Crippen LogP contribution < -0.4 is 0 Å². The first-order valence-electron chi connectivity index (χ1n) is 12.8. The van der Waals surface area contributed by atoms with Crippen LogP contribution in [0.2, 0.25) is 0 Å². The van der Waals surface area contributed by atoms with Crippen LogP contribution in [0.5, 0.6) is 0 Å². The molecule has 2 heterocycles. The van der Waals surface area contributed by atoms with Crippen LogP contribution in [0.1, 0.15) is 69.6 Å². The van der Waals surface area contributed by atoms with Gasteiger partial charge in [0, 0.05) is 19.1 Å². The molecule has 0 aliphatic carbocycles. The Morgan fingerprint density at radius 3 is 2.09 bits per heavy atom. The number of allylic oxidation sites excluding steroid dienone is 4. The summed E-state index contributed by atoms with van der Waals surface area (Å²) in [6.07, 6.45) is 12.2. The maximum atomic E-state index is 13.4. The Kier molecular flexibility index (Phi) is 8.99. The molecule has 0 saturated carbocycles. The Hall–Kier alpha value is -1.43. The third-order valence-corrected chi connectivity index (χ3v) is 9.77. The molecule has 0 amide bonds. The number of nitrogens with zero attached hydrogens (tertiary/aromatic N) is 2. The van der Waals surface area contributed by atoms with Crippen LogP contribution in [0.25, 0.3) is 0 Å². The molecule has 2 saturated heterocycles. The standard InChI is InChI=1S/C28H44N2O2S/c1-7-8-9-26(21(2)3)20-25-10-14-29(15-11-25)27-12-16-30(17-13-27)33(31,32)28-23(5)18-22(4)19-24(28)6/h7-9,18-19,21,25,27H,10-17,20H2,1-6H3/b8-7-,26-9-. The average Bonchev–Trinajstić information content (AvgIpc) is 2.76. The van der Waals surface area contributed by atoms with Gasteiger partial charge in [0.1, 0.15) is 0 Å². The van der Waals surface area contributed by atoms with Crippen molar-refractivity contribution in [1.29, 1.82) is 0 Å². The Morgan fingerprint density at radius 1 is 1.00 bits per heavy atom. The van der Waals surface area contributed by atoms with Gasteiger partial charge in [-0.25, -0.2) is 8.42 Å². The van der Waals surface area contributed by atoms with E-state index in [1.807, 2.05) is 32.9 Å². The zero-order valence-corrected chi connectivity index (χ0v) is 22.4. The predicted octanol–water partition coefficient (Wildman–Crippen LogP) is 6.03. The minimum absolute atomic E-state index is 0.513. The molecule has 0 radical (unpaired) electrons. The van der Waals surface area contributed by atoms with Crippen LogP contribution in [0, 0.1) is 32.6 Å². The van der Waals surface area contributed by atoms with Crippen molar-refractivity contribution in [3.05, 3.63) is 52.6 Å². The van der Waals surface area contributed by atoms with Crippen molar-refractivity contribution in [2.75, 3.05) is 26.2 Å². The zero-order chi connectivity index (χ0) is 24.2. The molecule has 0 atom stereocenters. The summed E-state index contributed by atoms with van der Waals surface area (Å²) < 4.78 is 28.5. The summed E-state index contributed by atoms with van der Waals surface area (Å²) in [5.74, 6) is 1.37. The first kappa shape index (κ1) is 26.2. The van der Waals surface area contributed by atoms with Gasteiger partial charge in [-0.15, -0.1) is 0 Å². The van der Waals surface area contributed by atoms with Gasteiger partial charge in [0.25, 0.3) is 0 Å². The fourth-order valence-corrected chi connectivity index (χ4v) is 7.60. The second kappa shape index (κ2) is 11.3. The third-order valence-electron chi connectivity index (χ3n) is 7.56. The smallest absolute Gasteiger partial charge is 0.243 e. The van der Waals surface area contributed by atoms with Gasteiger partial charge in [-0.05, 0) is 95.9 Å². The number of rotatable bonds is 7. The van der Waals surface area contributed by atoms with Gasteiger partial charge >= 0.3 is 0 Å². The van der Waals surface area contributed by atoms with Crippen molar-refractivity contribution in [2.24, 2.45) is 11.8 Å². The number of sulfonamides is 1. The van der Waals surface area contributed by atoms with E-state index in [2.05, 4.69) is 43.9 Å². The maximum absolute atomic E-state index is 13.4. The van der Waals surface area contributed by atoms with E-state index in [9.17, 15) is 8.42 Å². The molecule has 0 unspecified atom stereocenters. The fraction of sp³-hybridized carbons (Fsp3) is 0.643. The van der Waals surface area contributed by atoms with Crippen LogP contribution in [0.4, 0.5) is 0 Å². The van der Waals surface area contributed by atoms with Crippen molar-refractivity contribution in [1.82, 2.24) is 9.21 Å². The highest BCUT2D eigenvalue weighted by molar-refractivity contribution is 7.89. The highest BCUT2D eigenvalue weighted by Gasteiger charge is 2.34. The Balaban J connectivity index is 1.55. The first-order valence-corrected chi connectivity index (χ1v) is 14.2. The lowest BCUT2D eigenvalue weighted by molar-refractivity contribution is 0.0965. The van der Waals surface area contributed by atoms with E-state index in [0.29, 0.717) is 29.9 Å². The zero-order valence-electron chi connectivity index (χ0n) is 21.6. The molecule has 0 aromatic heterocycles. The van der Waals surface area contributed by atoms with Crippen LogP contribution in [0.3, 0.4) is 0 Å². The summed E-state index contributed by atoms with van der Waals surface area (Å²) in [7, 11) is -3.43. The molecule has 33 heavy (non-hydrogen) atoms. The molecule has 1 aromatic rings. The predicted molar refractivity (Wildman–Crippen MR) is 139 cm³/mol. The number of likely N-dealkylation sites (tertiary alicyclic amines) is 1. The average molecular weight is 473 g/mol. The van der Waals surface area contributed by atoms with Crippen LogP contribution in [-0.2, 0) is 10.0 Å². The molecular formula is C28H44N2O2S. The summed E-state index contributed by atoms with van der Waals surface area (Å²) in [5, 5.41) is 0. The lowest BCUT2D eigenvalue weighted by atomic mass is 9.85. The second-order valence-corrected chi connectivity index (χ2v) is 12.3. The van der Waals surface area contributed by atoms with Gasteiger partial charge in [-0.1, -0.05) is 55.3 Å². The van der Waals surface area contributed by atoms with Gasteiger partial charge in [0.15, 0.2) is 0 Å². The van der Waals surface area contributed by atoms with E-state index in [1.165, 1.54) is 19.3 Å². The molecule has 0 spiro atoms. The second-order valence-electron chi connectivity index (χ2n) is 10.5.